The lowest BCUT2D eigenvalue weighted by Crippen LogP contribution is -2.47. The third-order valence-electron chi connectivity index (χ3n) is 3.49. The first-order valence-corrected chi connectivity index (χ1v) is 8.05. The maximum absolute atomic E-state index is 12.0. The van der Waals surface area contributed by atoms with Crippen LogP contribution in [0.4, 0.5) is 0 Å². The number of esters is 2. The topological polar surface area (TPSA) is 81.7 Å². The maximum Gasteiger partial charge on any atom is 0.341 e. The Labute approximate surface area is 150 Å². The van der Waals surface area contributed by atoms with Gasteiger partial charge in [-0.15, -0.1) is 0 Å². The fourth-order valence-electron chi connectivity index (χ4n) is 1.91. The largest absolute Gasteiger partial charge is 0.467 e. The molecule has 0 unspecified atom stereocenters. The molecule has 24 heavy (non-hydrogen) atoms. The highest BCUT2D eigenvalue weighted by Crippen LogP contribution is 2.24. The highest BCUT2D eigenvalue weighted by molar-refractivity contribution is 6.39. The van der Waals surface area contributed by atoms with Gasteiger partial charge >= 0.3 is 11.9 Å². The van der Waals surface area contributed by atoms with Gasteiger partial charge in [-0.05, 0) is 18.1 Å². The van der Waals surface area contributed by atoms with E-state index >= 15 is 0 Å². The molecule has 0 saturated heterocycles. The van der Waals surface area contributed by atoms with Gasteiger partial charge in [0, 0.05) is 0 Å². The van der Waals surface area contributed by atoms with E-state index in [-0.39, 0.29) is 21.5 Å². The van der Waals surface area contributed by atoms with Crippen molar-refractivity contribution in [3.8, 4) is 0 Å². The Morgan fingerprint density at radius 1 is 1.21 bits per heavy atom. The molecule has 0 aliphatic rings. The molecule has 0 aromatic heterocycles. The van der Waals surface area contributed by atoms with Gasteiger partial charge in [-0.2, -0.15) is 0 Å². The van der Waals surface area contributed by atoms with E-state index in [1.54, 1.807) is 13.0 Å². The first kappa shape index (κ1) is 20.3. The lowest BCUT2D eigenvalue weighted by molar-refractivity contribution is -0.147. The Balaban J connectivity index is 2.68. The first-order chi connectivity index (χ1) is 11.3. The van der Waals surface area contributed by atoms with E-state index in [4.69, 9.17) is 27.9 Å². The van der Waals surface area contributed by atoms with Crippen LogP contribution < -0.4 is 5.32 Å². The molecule has 8 heteroatoms. The summed E-state index contributed by atoms with van der Waals surface area (Å²) >= 11 is 11.8. The molecule has 6 nitrogen and oxygen atoms in total. The van der Waals surface area contributed by atoms with Crippen LogP contribution >= 0.6 is 23.2 Å². The third kappa shape index (κ3) is 5.39. The Morgan fingerprint density at radius 3 is 2.29 bits per heavy atom. The summed E-state index contributed by atoms with van der Waals surface area (Å²) in [5.41, 5.74) is -0.0138. The summed E-state index contributed by atoms with van der Waals surface area (Å²) in [4.78, 5) is 35.6. The van der Waals surface area contributed by atoms with Gasteiger partial charge in [-0.25, -0.2) is 9.59 Å². The van der Waals surface area contributed by atoms with Crippen LogP contribution in [0.5, 0.6) is 0 Å². The Bertz CT molecular complexity index is 600. The summed E-state index contributed by atoms with van der Waals surface area (Å²) in [6.45, 7) is 3.12. The lowest BCUT2D eigenvalue weighted by atomic mass is 9.99. The SMILES string of the molecule is CC[C@@H](C)[C@H](NC(=O)COC(=O)c1c(Cl)cccc1Cl)C(=O)OC. The second-order valence-electron chi connectivity index (χ2n) is 5.13. The molecule has 0 fully saturated rings. The summed E-state index contributed by atoms with van der Waals surface area (Å²) in [6, 6.07) is 3.75. The molecule has 0 heterocycles. The van der Waals surface area contributed by atoms with Gasteiger partial charge in [0.25, 0.3) is 5.91 Å². The summed E-state index contributed by atoms with van der Waals surface area (Å²) in [6.07, 6.45) is 0.662. The Kier molecular flexibility index (Phi) is 8.01. The zero-order valence-electron chi connectivity index (χ0n) is 13.6. The number of methoxy groups -OCH3 is 1. The van der Waals surface area contributed by atoms with Gasteiger partial charge in [-0.3, -0.25) is 4.79 Å². The van der Waals surface area contributed by atoms with Gasteiger partial charge in [0.15, 0.2) is 6.61 Å². The fourth-order valence-corrected chi connectivity index (χ4v) is 2.46. The lowest BCUT2D eigenvalue weighted by Gasteiger charge is -2.21. The molecule has 0 radical (unpaired) electrons. The summed E-state index contributed by atoms with van der Waals surface area (Å²) in [5.74, 6) is -2.13. The first-order valence-electron chi connectivity index (χ1n) is 7.30. The molecule has 0 spiro atoms. The highest BCUT2D eigenvalue weighted by Gasteiger charge is 2.27. The zero-order chi connectivity index (χ0) is 18.3. The van der Waals surface area contributed by atoms with Crippen molar-refractivity contribution in [3.05, 3.63) is 33.8 Å². The molecule has 0 aliphatic heterocycles. The second kappa shape index (κ2) is 9.49. The van der Waals surface area contributed by atoms with Crippen LogP contribution in [0.3, 0.4) is 0 Å². The minimum Gasteiger partial charge on any atom is -0.467 e. The van der Waals surface area contributed by atoms with E-state index in [1.165, 1.54) is 19.2 Å². The van der Waals surface area contributed by atoms with Crippen molar-refractivity contribution in [1.29, 1.82) is 0 Å². The normalized spacial score (nSPS) is 12.9. The van der Waals surface area contributed by atoms with Crippen molar-refractivity contribution in [3.63, 3.8) is 0 Å². The molecule has 0 saturated carbocycles. The van der Waals surface area contributed by atoms with Crippen molar-refractivity contribution in [2.24, 2.45) is 5.92 Å². The highest BCUT2D eigenvalue weighted by atomic mass is 35.5. The van der Waals surface area contributed by atoms with Crippen molar-refractivity contribution in [2.75, 3.05) is 13.7 Å². The second-order valence-corrected chi connectivity index (χ2v) is 5.94. The van der Waals surface area contributed by atoms with E-state index in [9.17, 15) is 14.4 Å². The smallest absolute Gasteiger partial charge is 0.341 e. The molecule has 1 aromatic rings. The Morgan fingerprint density at radius 2 is 1.79 bits per heavy atom. The van der Waals surface area contributed by atoms with E-state index in [1.807, 2.05) is 6.92 Å². The van der Waals surface area contributed by atoms with E-state index < -0.39 is 30.5 Å². The molecule has 0 bridgehead atoms. The molecule has 132 valence electrons. The van der Waals surface area contributed by atoms with Crippen LogP contribution in [0.25, 0.3) is 0 Å². The maximum atomic E-state index is 12.0. The summed E-state index contributed by atoms with van der Waals surface area (Å²) < 4.78 is 9.57. The molecule has 2 atom stereocenters. The number of hydrogen-bond acceptors (Lipinski definition) is 5. The van der Waals surface area contributed by atoms with Crippen LogP contribution in [0.1, 0.15) is 30.6 Å². The van der Waals surface area contributed by atoms with Crippen LogP contribution in [0.2, 0.25) is 10.0 Å². The van der Waals surface area contributed by atoms with E-state index in [0.717, 1.165) is 0 Å². The van der Waals surface area contributed by atoms with Gasteiger partial charge in [-0.1, -0.05) is 49.5 Å². The average Bonchev–Trinajstić information content (AvgIpc) is 2.56. The monoisotopic (exact) mass is 375 g/mol. The number of benzene rings is 1. The average molecular weight is 376 g/mol. The summed E-state index contributed by atoms with van der Waals surface area (Å²) in [7, 11) is 1.24. The standard InChI is InChI=1S/C16H19Cl2NO5/c1-4-9(2)14(16(22)23-3)19-12(20)8-24-15(21)13-10(17)6-5-7-11(13)18/h5-7,9,14H,4,8H2,1-3H3,(H,19,20)/t9-,14+/m1/s1. The van der Waals surface area contributed by atoms with E-state index in [0.29, 0.717) is 6.42 Å². The number of amides is 1. The van der Waals surface area contributed by atoms with Crippen molar-refractivity contribution in [2.45, 2.75) is 26.3 Å². The number of carbonyl (C=O) groups is 3. The van der Waals surface area contributed by atoms with Crippen LogP contribution in [-0.4, -0.2) is 37.6 Å². The third-order valence-corrected chi connectivity index (χ3v) is 4.12. The minimum atomic E-state index is -0.820. The molecular weight excluding hydrogens is 357 g/mol. The quantitative estimate of drug-likeness (QED) is 0.740. The summed E-state index contributed by atoms with van der Waals surface area (Å²) in [5, 5.41) is 2.75. The number of ether oxygens (including phenoxy) is 2. The van der Waals surface area contributed by atoms with Crippen LogP contribution in [-0.2, 0) is 19.1 Å². The van der Waals surface area contributed by atoms with Crippen molar-refractivity contribution in [1.82, 2.24) is 5.32 Å². The number of hydrogen-bond donors (Lipinski definition) is 1. The fraction of sp³-hybridized carbons (Fsp3) is 0.438. The molecule has 1 N–H and O–H groups in total. The van der Waals surface area contributed by atoms with Crippen LogP contribution in [0.15, 0.2) is 18.2 Å². The van der Waals surface area contributed by atoms with Gasteiger partial charge in [0.2, 0.25) is 0 Å². The molecule has 1 amide bonds. The van der Waals surface area contributed by atoms with Crippen molar-refractivity contribution >= 4 is 41.0 Å². The number of halogens is 2. The van der Waals surface area contributed by atoms with Crippen molar-refractivity contribution < 1.29 is 23.9 Å². The number of rotatable bonds is 7. The van der Waals surface area contributed by atoms with Crippen LogP contribution in [0, 0.1) is 5.92 Å². The zero-order valence-corrected chi connectivity index (χ0v) is 15.1. The van der Waals surface area contributed by atoms with E-state index in [2.05, 4.69) is 10.1 Å². The van der Waals surface area contributed by atoms with Gasteiger partial charge in [0.1, 0.15) is 6.04 Å². The molecule has 1 rings (SSSR count). The van der Waals surface area contributed by atoms with Gasteiger partial charge < -0.3 is 14.8 Å². The Hall–Kier alpha value is -1.79. The number of carbonyl (C=O) groups excluding carboxylic acids is 3. The predicted molar refractivity (Wildman–Crippen MR) is 90.1 cm³/mol. The minimum absolute atomic E-state index is 0.0138. The van der Waals surface area contributed by atoms with Gasteiger partial charge in [0.05, 0.1) is 22.7 Å². The molecule has 1 aromatic carbocycles. The molecular formula is C16H19Cl2NO5. The molecule has 0 aliphatic carbocycles. The predicted octanol–water partition coefficient (Wildman–Crippen LogP) is 2.85. The number of nitrogens with one attached hydrogen (secondary N) is 1.